The van der Waals surface area contributed by atoms with Crippen molar-refractivity contribution < 1.29 is 73.7 Å². The fourth-order valence-corrected chi connectivity index (χ4v) is 9.80. The molecular weight excluding hydrogens is 1350 g/mol. The Labute approximate surface area is 621 Å². The second-order valence-corrected chi connectivity index (χ2v) is 29.2. The largest absolute Gasteiger partial charge is 0.497 e. The van der Waals surface area contributed by atoms with E-state index in [9.17, 15) is 16.8 Å². The number of sulfone groups is 2. The minimum absolute atomic E-state index is 0.0431. The number of rotatable bonds is 19. The summed E-state index contributed by atoms with van der Waals surface area (Å²) in [6, 6.07) is 76.2. The summed E-state index contributed by atoms with van der Waals surface area (Å²) in [6.07, 6.45) is 4.49. The molecule has 0 spiro atoms. The van der Waals surface area contributed by atoms with E-state index < -0.39 is 19.7 Å². The number of methoxy groups -OCH3 is 11. The van der Waals surface area contributed by atoms with Crippen molar-refractivity contribution in [3.05, 3.63) is 265 Å². The molecule has 0 heterocycles. The first-order valence-corrected chi connectivity index (χ1v) is 37.1. The topological polar surface area (TPSA) is 179 Å². The van der Waals surface area contributed by atoms with E-state index in [4.69, 9.17) is 52.1 Å². The lowest BCUT2D eigenvalue weighted by molar-refractivity contribution is 0.277. The molecule has 0 fully saturated rings. The molecule has 10 aromatic carbocycles. The van der Waals surface area contributed by atoms with Crippen LogP contribution in [0.2, 0.25) is 0 Å². The third-order valence-electron chi connectivity index (χ3n) is 14.0. The summed E-state index contributed by atoms with van der Waals surface area (Å²) in [6.45, 7) is 17.4. The zero-order valence-electron chi connectivity index (χ0n) is 64.9. The second kappa shape index (κ2) is 47.9. The summed E-state index contributed by atoms with van der Waals surface area (Å²) in [5.74, 6) is 9.71. The van der Waals surface area contributed by atoms with E-state index in [0.717, 1.165) is 76.4 Å². The smallest absolute Gasteiger partial charge is 0.206 e. The number of hydrogen-bond donors (Lipinski definition) is 0. The highest BCUT2D eigenvalue weighted by Gasteiger charge is 2.23. The summed E-state index contributed by atoms with van der Waals surface area (Å²) >= 11 is 0. The van der Waals surface area contributed by atoms with Gasteiger partial charge in [-0.3, -0.25) is 0 Å². The summed E-state index contributed by atoms with van der Waals surface area (Å²) < 4.78 is 105. The molecule has 18 heteroatoms. The SMILES string of the molecule is CC(C)(C)C.CCC.COC.COc1ccc(-c2ccc(OC)cc2)cc1.COc1ccc(C(C)(C)c2ccc(OC)cc2)cc1.COc1ccc(Cc2ccc(OC)cc2)cc1.COc1ccc(Oc2ccc(OC)cc2)cc1.COc1ccc(S(=O)(=O)c2ccc(OC)cc2)cc1.CS(C)(=O)=O. The maximum atomic E-state index is 12.4. The number of benzene rings is 10. The maximum absolute atomic E-state index is 12.4. The van der Waals surface area contributed by atoms with Crippen molar-refractivity contribution in [1.82, 2.24) is 0 Å². The van der Waals surface area contributed by atoms with Crippen LogP contribution < -0.4 is 52.1 Å². The van der Waals surface area contributed by atoms with E-state index in [1.807, 2.05) is 146 Å². The average molecular weight is 1460 g/mol. The van der Waals surface area contributed by atoms with E-state index in [2.05, 4.69) is 109 Å². The van der Waals surface area contributed by atoms with E-state index in [1.165, 1.54) is 78.3 Å². The molecule has 104 heavy (non-hydrogen) atoms. The number of hydrogen-bond acceptors (Lipinski definition) is 16. The molecule has 0 aliphatic heterocycles. The molecule has 10 rings (SSSR count). The molecule has 0 amide bonds. The monoisotopic (exact) mass is 1460 g/mol. The van der Waals surface area contributed by atoms with Crippen LogP contribution in [0, 0.1) is 5.41 Å². The molecule has 0 aliphatic rings. The Kier molecular flexibility index (Phi) is 41.5. The highest BCUT2D eigenvalue weighted by Crippen LogP contribution is 2.34. The normalized spacial score (nSPS) is 10.3. The van der Waals surface area contributed by atoms with Crippen LogP contribution in [0.3, 0.4) is 0 Å². The van der Waals surface area contributed by atoms with Crippen LogP contribution >= 0.6 is 0 Å². The summed E-state index contributed by atoms with van der Waals surface area (Å²) in [7, 11) is 13.5. The summed E-state index contributed by atoms with van der Waals surface area (Å²) in [5, 5.41) is 0. The Hall–Kier alpha value is -10.1. The van der Waals surface area contributed by atoms with Crippen molar-refractivity contribution in [2.45, 2.75) is 83.4 Å². The molecule has 0 saturated carbocycles. The van der Waals surface area contributed by atoms with Crippen molar-refractivity contribution >= 4 is 19.7 Å². The van der Waals surface area contributed by atoms with Gasteiger partial charge in [0.1, 0.15) is 78.8 Å². The molecule has 0 atom stereocenters. The van der Waals surface area contributed by atoms with Gasteiger partial charge in [-0.2, -0.15) is 0 Å². The van der Waals surface area contributed by atoms with Crippen molar-refractivity contribution in [3.63, 3.8) is 0 Å². The Balaban J connectivity index is 0.000000419. The first-order chi connectivity index (χ1) is 49.4. The van der Waals surface area contributed by atoms with E-state index in [0.29, 0.717) is 16.9 Å². The molecule has 10 aromatic rings. The Morgan fingerprint density at radius 2 is 0.423 bits per heavy atom. The number of ether oxygens (including phenoxy) is 12. The third-order valence-corrected chi connectivity index (χ3v) is 15.7. The van der Waals surface area contributed by atoms with Gasteiger partial charge in [-0.1, -0.05) is 135 Å². The first-order valence-electron chi connectivity index (χ1n) is 33.3. The lowest BCUT2D eigenvalue weighted by Crippen LogP contribution is -2.18. The zero-order chi connectivity index (χ0) is 77.7. The predicted octanol–water partition coefficient (Wildman–Crippen LogP) is 20.1. The lowest BCUT2D eigenvalue weighted by Gasteiger charge is -2.26. The van der Waals surface area contributed by atoms with E-state index in [1.54, 1.807) is 95.4 Å². The molecule has 0 unspecified atom stereocenters. The highest BCUT2D eigenvalue weighted by molar-refractivity contribution is 7.91. The van der Waals surface area contributed by atoms with Gasteiger partial charge in [0.2, 0.25) is 9.84 Å². The van der Waals surface area contributed by atoms with Crippen LogP contribution in [-0.2, 0) is 36.2 Å². The van der Waals surface area contributed by atoms with Gasteiger partial charge in [0.25, 0.3) is 0 Å². The standard InChI is InChI=1S/C17H20O2.C15H16O2.C14H14O4S.C14H14O3.C14H14O2.C5H12.C3H8.C2H6O2S.C2H6O/c1-17(2,13-5-9-15(18-3)10-6-13)14-7-11-16(19-4)12-8-14;1-16-14-7-3-12(4-8-14)11-13-5-9-15(17-2)10-6-13;1-17-11-3-7-13(8-4-11)19(15,16)14-9-5-12(18-2)6-10-14;1-15-11-3-7-13(8-4-11)17-14-9-5-12(16-2)6-10-14;1-15-13-7-3-11(4-8-13)12-5-9-14(16-2)10-6-12;1-5(2,3)4;1-3-2;1-5(2,3)4;1-3-2/h5-12H,1-4H3;3-10H,11H2,1-2H3;3-10H,1-2H3;3-10H,1-2H3;3-10H,1-2H3;1-4H3;3H2,1-2H3;1-2H3;1-2H3. The van der Waals surface area contributed by atoms with Crippen LogP contribution in [0.15, 0.2) is 252 Å². The molecule has 0 aromatic heterocycles. The molecule has 16 nitrogen and oxygen atoms in total. The second-order valence-electron chi connectivity index (χ2n) is 25.0. The van der Waals surface area contributed by atoms with Gasteiger partial charge < -0.3 is 56.8 Å². The third kappa shape index (κ3) is 35.6. The Morgan fingerprint density at radius 3 is 0.615 bits per heavy atom. The molecule has 562 valence electrons. The minimum atomic E-state index is -3.50. The van der Waals surface area contributed by atoms with Crippen molar-refractivity contribution in [2.75, 3.05) is 97.8 Å². The van der Waals surface area contributed by atoms with Gasteiger partial charge in [-0.25, -0.2) is 16.8 Å². The first kappa shape index (κ1) is 89.9. The van der Waals surface area contributed by atoms with Crippen molar-refractivity contribution in [2.24, 2.45) is 5.41 Å². The van der Waals surface area contributed by atoms with Gasteiger partial charge in [0.15, 0.2) is 0 Å². The molecule has 0 radical (unpaired) electrons. The van der Waals surface area contributed by atoms with Gasteiger partial charge in [-0.05, 0) is 215 Å². The van der Waals surface area contributed by atoms with Crippen LogP contribution in [0.25, 0.3) is 11.1 Å². The maximum Gasteiger partial charge on any atom is 0.206 e. The molecule has 0 bridgehead atoms. The summed E-state index contributed by atoms with van der Waals surface area (Å²) in [4.78, 5) is 0.469. The van der Waals surface area contributed by atoms with Crippen LogP contribution in [0.5, 0.6) is 69.0 Å². The highest BCUT2D eigenvalue weighted by atomic mass is 32.2. The molecule has 0 N–H and O–H groups in total. The Bertz CT molecular complexity index is 3760. The molecule has 0 saturated heterocycles. The van der Waals surface area contributed by atoms with Crippen LogP contribution in [-0.4, -0.2) is 115 Å². The molecule has 0 aliphatic carbocycles. The summed E-state index contributed by atoms with van der Waals surface area (Å²) in [5.41, 5.74) is 7.87. The fraction of sp³-hybridized carbons (Fsp3) is 0.302. The van der Waals surface area contributed by atoms with Crippen LogP contribution in [0.1, 0.15) is 84.1 Å². The average Bonchev–Trinajstić information content (AvgIpc) is 0.809. The van der Waals surface area contributed by atoms with Gasteiger partial charge in [-0.15, -0.1) is 0 Å². The molecular formula is C86H110O16S2. The minimum Gasteiger partial charge on any atom is -0.497 e. The fourth-order valence-electron chi connectivity index (χ4n) is 8.54. The van der Waals surface area contributed by atoms with Crippen molar-refractivity contribution in [1.29, 1.82) is 0 Å². The van der Waals surface area contributed by atoms with Gasteiger partial charge >= 0.3 is 0 Å². The van der Waals surface area contributed by atoms with E-state index >= 15 is 0 Å². The van der Waals surface area contributed by atoms with E-state index in [-0.39, 0.29) is 15.2 Å². The zero-order valence-corrected chi connectivity index (χ0v) is 66.5. The quantitative estimate of drug-likeness (QED) is 0.0745. The van der Waals surface area contributed by atoms with Crippen molar-refractivity contribution in [3.8, 4) is 80.1 Å². The predicted molar refractivity (Wildman–Crippen MR) is 424 cm³/mol. The Morgan fingerprint density at radius 1 is 0.269 bits per heavy atom. The van der Waals surface area contributed by atoms with Gasteiger partial charge in [0, 0.05) is 32.1 Å². The lowest BCUT2D eigenvalue weighted by atomic mass is 9.78. The van der Waals surface area contributed by atoms with Gasteiger partial charge in [0.05, 0.1) is 80.9 Å². The van der Waals surface area contributed by atoms with Crippen LogP contribution in [0.4, 0.5) is 0 Å².